The molecule has 0 radical (unpaired) electrons. The van der Waals surface area contributed by atoms with E-state index in [1.54, 1.807) is 6.07 Å². The second kappa shape index (κ2) is 6.04. The van der Waals surface area contributed by atoms with Gasteiger partial charge < -0.3 is 4.74 Å². The molecule has 0 aliphatic heterocycles. The van der Waals surface area contributed by atoms with Crippen LogP contribution in [0.1, 0.15) is 37.7 Å². The molecule has 4 heteroatoms. The third kappa shape index (κ3) is 3.35. The maximum absolute atomic E-state index is 13.9. The molecule has 0 aromatic heterocycles. The zero-order valence-corrected chi connectivity index (χ0v) is 12.7. The Kier molecular flexibility index (Phi) is 4.61. The Morgan fingerprint density at radius 1 is 1.58 bits per heavy atom. The minimum atomic E-state index is -0.162. The Hall–Kier alpha value is -0.900. The number of hydrogen-bond donors (Lipinski definition) is 0. The molecule has 19 heavy (non-hydrogen) atoms. The standard InChI is InChI=1S/C15H18BrFO2/c1-3-9(6-10-7-13(10)15(18)19-2)12-8-11(16)4-5-14(12)17/h4-5,8-10,13H,3,6-7H2,1-2H3. The zero-order chi connectivity index (χ0) is 14.0. The van der Waals surface area contributed by atoms with E-state index in [0.29, 0.717) is 5.92 Å². The van der Waals surface area contributed by atoms with Crippen molar-refractivity contribution in [1.29, 1.82) is 0 Å². The maximum Gasteiger partial charge on any atom is 0.308 e. The summed E-state index contributed by atoms with van der Waals surface area (Å²) in [5.74, 6) is 0.238. The summed E-state index contributed by atoms with van der Waals surface area (Å²) in [5, 5.41) is 0. The molecule has 1 saturated carbocycles. The number of benzene rings is 1. The van der Waals surface area contributed by atoms with Gasteiger partial charge in [-0.25, -0.2) is 4.39 Å². The summed E-state index contributed by atoms with van der Waals surface area (Å²) in [4.78, 5) is 11.4. The number of hydrogen-bond acceptors (Lipinski definition) is 2. The fourth-order valence-electron chi connectivity index (χ4n) is 2.65. The van der Waals surface area contributed by atoms with Crippen LogP contribution in [0.5, 0.6) is 0 Å². The Morgan fingerprint density at radius 3 is 2.95 bits per heavy atom. The molecule has 0 spiro atoms. The third-order valence-corrected chi connectivity index (χ3v) is 4.40. The summed E-state index contributed by atoms with van der Waals surface area (Å²) in [7, 11) is 1.42. The van der Waals surface area contributed by atoms with Crippen molar-refractivity contribution in [1.82, 2.24) is 0 Å². The molecule has 3 unspecified atom stereocenters. The van der Waals surface area contributed by atoms with Gasteiger partial charge in [0.2, 0.25) is 0 Å². The highest BCUT2D eigenvalue weighted by Gasteiger charge is 2.44. The smallest absolute Gasteiger partial charge is 0.308 e. The van der Waals surface area contributed by atoms with Crippen molar-refractivity contribution in [2.24, 2.45) is 11.8 Å². The van der Waals surface area contributed by atoms with E-state index in [9.17, 15) is 9.18 Å². The molecule has 3 atom stereocenters. The molecule has 0 bridgehead atoms. The normalized spacial score (nSPS) is 22.9. The second-order valence-electron chi connectivity index (χ2n) is 5.13. The minimum Gasteiger partial charge on any atom is -0.469 e. The summed E-state index contributed by atoms with van der Waals surface area (Å²) in [6, 6.07) is 5.05. The van der Waals surface area contributed by atoms with Gasteiger partial charge >= 0.3 is 5.97 Å². The van der Waals surface area contributed by atoms with Gasteiger partial charge in [-0.1, -0.05) is 22.9 Å². The van der Waals surface area contributed by atoms with Gasteiger partial charge in [-0.2, -0.15) is 0 Å². The Labute approximate surface area is 121 Å². The molecule has 0 saturated heterocycles. The third-order valence-electron chi connectivity index (χ3n) is 3.90. The van der Waals surface area contributed by atoms with E-state index in [1.165, 1.54) is 13.2 Å². The summed E-state index contributed by atoms with van der Waals surface area (Å²) in [6.45, 7) is 2.06. The van der Waals surface area contributed by atoms with Crippen molar-refractivity contribution in [3.63, 3.8) is 0 Å². The van der Waals surface area contributed by atoms with E-state index in [2.05, 4.69) is 22.9 Å². The summed E-state index contributed by atoms with van der Waals surface area (Å²) < 4.78 is 19.5. The van der Waals surface area contributed by atoms with Crippen molar-refractivity contribution >= 4 is 21.9 Å². The number of methoxy groups -OCH3 is 1. The van der Waals surface area contributed by atoms with Gasteiger partial charge in [0.15, 0.2) is 0 Å². The van der Waals surface area contributed by atoms with E-state index in [-0.39, 0.29) is 23.6 Å². The van der Waals surface area contributed by atoms with Gasteiger partial charge in [0.1, 0.15) is 5.82 Å². The number of ether oxygens (including phenoxy) is 1. The lowest BCUT2D eigenvalue weighted by Crippen LogP contribution is -2.07. The average Bonchev–Trinajstić information content (AvgIpc) is 3.17. The molecule has 0 amide bonds. The molecule has 2 nitrogen and oxygen atoms in total. The molecule has 1 fully saturated rings. The lowest BCUT2D eigenvalue weighted by atomic mass is 9.90. The molecule has 1 aliphatic carbocycles. The highest BCUT2D eigenvalue weighted by Crippen LogP contribution is 2.47. The van der Waals surface area contributed by atoms with Crippen molar-refractivity contribution < 1.29 is 13.9 Å². The fraction of sp³-hybridized carbons (Fsp3) is 0.533. The van der Waals surface area contributed by atoms with E-state index >= 15 is 0 Å². The van der Waals surface area contributed by atoms with Gasteiger partial charge in [0, 0.05) is 4.47 Å². The molecular weight excluding hydrogens is 311 g/mol. The van der Waals surface area contributed by atoms with Gasteiger partial charge in [-0.15, -0.1) is 0 Å². The Morgan fingerprint density at radius 2 is 2.32 bits per heavy atom. The number of carbonyl (C=O) groups is 1. The van der Waals surface area contributed by atoms with Crippen LogP contribution in [0.3, 0.4) is 0 Å². The van der Waals surface area contributed by atoms with Crippen LogP contribution in [0.25, 0.3) is 0 Å². The molecule has 1 aromatic carbocycles. The first-order valence-electron chi connectivity index (χ1n) is 6.59. The van der Waals surface area contributed by atoms with Crippen molar-refractivity contribution in [2.75, 3.05) is 7.11 Å². The van der Waals surface area contributed by atoms with Crippen molar-refractivity contribution in [2.45, 2.75) is 32.1 Å². The van der Waals surface area contributed by atoms with Crippen LogP contribution in [0.4, 0.5) is 4.39 Å². The van der Waals surface area contributed by atoms with Crippen LogP contribution in [0.2, 0.25) is 0 Å². The van der Waals surface area contributed by atoms with Crippen LogP contribution in [-0.4, -0.2) is 13.1 Å². The van der Waals surface area contributed by atoms with E-state index in [4.69, 9.17) is 4.74 Å². The highest BCUT2D eigenvalue weighted by molar-refractivity contribution is 9.10. The highest BCUT2D eigenvalue weighted by atomic mass is 79.9. The van der Waals surface area contributed by atoms with E-state index in [1.807, 2.05) is 6.07 Å². The van der Waals surface area contributed by atoms with Gasteiger partial charge in [0.05, 0.1) is 13.0 Å². The predicted molar refractivity (Wildman–Crippen MR) is 75.4 cm³/mol. The summed E-state index contributed by atoms with van der Waals surface area (Å²) in [5.41, 5.74) is 0.743. The van der Waals surface area contributed by atoms with Gasteiger partial charge in [0.25, 0.3) is 0 Å². The topological polar surface area (TPSA) is 26.3 Å². The van der Waals surface area contributed by atoms with E-state index < -0.39 is 0 Å². The molecule has 1 aromatic rings. The summed E-state index contributed by atoms with van der Waals surface area (Å²) >= 11 is 3.38. The van der Waals surface area contributed by atoms with E-state index in [0.717, 1.165) is 29.3 Å². The number of esters is 1. The molecule has 0 heterocycles. The Bertz CT molecular complexity index is 475. The first-order chi connectivity index (χ1) is 9.06. The van der Waals surface area contributed by atoms with Crippen LogP contribution >= 0.6 is 15.9 Å². The predicted octanol–water partition coefficient (Wildman–Crippen LogP) is 4.28. The largest absolute Gasteiger partial charge is 0.469 e. The monoisotopic (exact) mass is 328 g/mol. The minimum absolute atomic E-state index is 0.0225. The molecular formula is C15H18BrFO2. The lowest BCUT2D eigenvalue weighted by molar-refractivity contribution is -0.142. The van der Waals surface area contributed by atoms with Crippen molar-refractivity contribution in [3.8, 4) is 0 Å². The fourth-order valence-corrected chi connectivity index (χ4v) is 3.03. The van der Waals surface area contributed by atoms with Crippen molar-refractivity contribution in [3.05, 3.63) is 34.1 Å². The lowest BCUT2D eigenvalue weighted by Gasteiger charge is -2.16. The second-order valence-corrected chi connectivity index (χ2v) is 6.05. The quantitative estimate of drug-likeness (QED) is 0.754. The van der Waals surface area contributed by atoms with Crippen LogP contribution in [0.15, 0.2) is 22.7 Å². The molecule has 2 rings (SSSR count). The van der Waals surface area contributed by atoms with Gasteiger partial charge in [-0.3, -0.25) is 4.79 Å². The molecule has 0 N–H and O–H groups in total. The molecule has 1 aliphatic rings. The van der Waals surface area contributed by atoms with Crippen LogP contribution in [-0.2, 0) is 9.53 Å². The maximum atomic E-state index is 13.9. The molecule has 104 valence electrons. The van der Waals surface area contributed by atoms with Crippen LogP contribution < -0.4 is 0 Å². The summed E-state index contributed by atoms with van der Waals surface area (Å²) in [6.07, 6.45) is 2.60. The SMILES string of the molecule is CCC(CC1CC1C(=O)OC)c1cc(Br)ccc1F. The van der Waals surface area contributed by atoms with Crippen LogP contribution in [0, 0.1) is 17.7 Å². The first kappa shape index (κ1) is 14.5. The number of carbonyl (C=O) groups excluding carboxylic acids is 1. The number of halogens is 2. The number of rotatable bonds is 5. The Balaban J connectivity index is 2.05. The zero-order valence-electron chi connectivity index (χ0n) is 11.2. The first-order valence-corrected chi connectivity index (χ1v) is 7.38. The van der Waals surface area contributed by atoms with Gasteiger partial charge in [-0.05, 0) is 54.9 Å². The average molecular weight is 329 g/mol.